The highest BCUT2D eigenvalue weighted by Crippen LogP contribution is 2.09. The van der Waals surface area contributed by atoms with Crippen molar-refractivity contribution in [1.29, 1.82) is 0 Å². The Kier molecular flexibility index (Phi) is 4.25. The van der Waals surface area contributed by atoms with E-state index in [1.54, 1.807) is 41.6 Å². The van der Waals surface area contributed by atoms with Gasteiger partial charge in [-0.25, -0.2) is 9.97 Å². The molecule has 0 saturated heterocycles. The Morgan fingerprint density at radius 2 is 2.32 bits per heavy atom. The zero-order valence-electron chi connectivity index (χ0n) is 10.9. The van der Waals surface area contributed by atoms with Gasteiger partial charge < -0.3 is 10.1 Å². The van der Waals surface area contributed by atoms with Crippen LogP contribution in [0.3, 0.4) is 0 Å². The summed E-state index contributed by atoms with van der Waals surface area (Å²) in [6.45, 7) is 3.81. The van der Waals surface area contributed by atoms with Crippen molar-refractivity contribution in [3.8, 4) is 5.82 Å². The first-order valence-electron chi connectivity index (χ1n) is 6.01. The molecule has 0 saturated carbocycles. The van der Waals surface area contributed by atoms with Crippen molar-refractivity contribution in [3.05, 3.63) is 37.1 Å². The number of carbonyl (C=O) groups excluding carboxylic acids is 1. The number of ether oxygens (including phenoxy) is 1. The third-order valence-corrected chi connectivity index (χ3v) is 2.35. The molecule has 0 fully saturated rings. The molecule has 1 amide bonds. The fourth-order valence-electron chi connectivity index (χ4n) is 1.45. The third kappa shape index (κ3) is 3.89. The maximum absolute atomic E-state index is 11.6. The normalized spacial score (nSPS) is 10.7. The van der Waals surface area contributed by atoms with Crippen LogP contribution in [0.4, 0.5) is 5.69 Å². The predicted molar refractivity (Wildman–Crippen MR) is 71.1 cm³/mol. The van der Waals surface area contributed by atoms with Crippen LogP contribution in [0.15, 0.2) is 37.1 Å². The van der Waals surface area contributed by atoms with E-state index in [0.717, 1.165) is 5.82 Å². The van der Waals surface area contributed by atoms with E-state index < -0.39 is 0 Å². The first kappa shape index (κ1) is 13.2. The van der Waals surface area contributed by atoms with E-state index in [2.05, 4.69) is 15.3 Å². The topological polar surface area (TPSA) is 69.0 Å². The van der Waals surface area contributed by atoms with E-state index in [-0.39, 0.29) is 18.6 Å². The van der Waals surface area contributed by atoms with Crippen LogP contribution in [-0.4, -0.2) is 33.2 Å². The molecular formula is C13H16N4O2. The molecule has 0 aliphatic rings. The number of nitrogens with zero attached hydrogens (tertiary/aromatic N) is 3. The summed E-state index contributed by atoms with van der Waals surface area (Å²) in [4.78, 5) is 19.7. The molecule has 2 aromatic rings. The minimum Gasteiger partial charge on any atom is -0.369 e. The Morgan fingerprint density at radius 3 is 2.89 bits per heavy atom. The van der Waals surface area contributed by atoms with E-state index in [0.29, 0.717) is 5.69 Å². The molecule has 0 atom stereocenters. The highest BCUT2D eigenvalue weighted by Gasteiger charge is 2.04. The minimum atomic E-state index is -0.189. The third-order valence-electron chi connectivity index (χ3n) is 2.35. The second-order valence-corrected chi connectivity index (χ2v) is 4.28. The maximum Gasteiger partial charge on any atom is 0.250 e. The highest BCUT2D eigenvalue weighted by atomic mass is 16.5. The summed E-state index contributed by atoms with van der Waals surface area (Å²) in [5.74, 6) is 0.555. The molecule has 0 aliphatic heterocycles. The van der Waals surface area contributed by atoms with Gasteiger partial charge in [-0.1, -0.05) is 0 Å². The number of carbonyl (C=O) groups is 1. The summed E-state index contributed by atoms with van der Waals surface area (Å²) < 4.78 is 7.00. The largest absolute Gasteiger partial charge is 0.369 e. The average Bonchev–Trinajstić information content (AvgIpc) is 2.91. The molecule has 6 nitrogen and oxygen atoms in total. The number of imidazole rings is 1. The van der Waals surface area contributed by atoms with E-state index in [9.17, 15) is 4.79 Å². The Labute approximate surface area is 111 Å². The van der Waals surface area contributed by atoms with Gasteiger partial charge in [-0.15, -0.1) is 0 Å². The van der Waals surface area contributed by atoms with Gasteiger partial charge in [-0.2, -0.15) is 0 Å². The van der Waals surface area contributed by atoms with Crippen molar-refractivity contribution in [2.45, 2.75) is 20.0 Å². The van der Waals surface area contributed by atoms with Crippen LogP contribution in [0.25, 0.3) is 5.82 Å². The minimum absolute atomic E-state index is 0.0347. The lowest BCUT2D eigenvalue weighted by atomic mass is 10.4. The number of rotatable bonds is 5. The van der Waals surface area contributed by atoms with Crippen molar-refractivity contribution in [3.63, 3.8) is 0 Å². The second-order valence-electron chi connectivity index (χ2n) is 4.28. The van der Waals surface area contributed by atoms with Gasteiger partial charge in [0.2, 0.25) is 5.91 Å². The van der Waals surface area contributed by atoms with E-state index in [1.165, 1.54) is 0 Å². The van der Waals surface area contributed by atoms with Crippen LogP contribution < -0.4 is 5.32 Å². The van der Waals surface area contributed by atoms with Crippen LogP contribution in [0.1, 0.15) is 13.8 Å². The molecule has 2 aromatic heterocycles. The van der Waals surface area contributed by atoms with Gasteiger partial charge in [-0.3, -0.25) is 9.36 Å². The number of hydrogen-bond donors (Lipinski definition) is 1. The van der Waals surface area contributed by atoms with Gasteiger partial charge >= 0.3 is 0 Å². The quantitative estimate of drug-likeness (QED) is 0.887. The molecule has 1 N–H and O–H groups in total. The summed E-state index contributed by atoms with van der Waals surface area (Å²) in [6, 6.07) is 3.59. The van der Waals surface area contributed by atoms with Crippen molar-refractivity contribution < 1.29 is 9.53 Å². The number of pyridine rings is 1. The van der Waals surface area contributed by atoms with Gasteiger partial charge in [-0.05, 0) is 26.0 Å². The van der Waals surface area contributed by atoms with Crippen molar-refractivity contribution in [1.82, 2.24) is 14.5 Å². The Hall–Kier alpha value is -2.21. The van der Waals surface area contributed by atoms with Crippen LogP contribution in [0, 0.1) is 0 Å². The van der Waals surface area contributed by atoms with Gasteiger partial charge in [0.15, 0.2) is 0 Å². The Bertz CT molecular complexity index is 520. The fourth-order valence-corrected chi connectivity index (χ4v) is 1.45. The molecule has 100 valence electrons. The average molecular weight is 260 g/mol. The summed E-state index contributed by atoms with van der Waals surface area (Å²) in [5, 5.41) is 2.72. The van der Waals surface area contributed by atoms with Crippen LogP contribution in [-0.2, 0) is 9.53 Å². The molecule has 2 heterocycles. The monoisotopic (exact) mass is 260 g/mol. The smallest absolute Gasteiger partial charge is 0.250 e. The molecule has 0 aromatic carbocycles. The van der Waals surface area contributed by atoms with Gasteiger partial charge in [0.1, 0.15) is 18.8 Å². The molecule has 0 bridgehead atoms. The summed E-state index contributed by atoms with van der Waals surface area (Å²) in [7, 11) is 0. The molecule has 0 spiro atoms. The van der Waals surface area contributed by atoms with Crippen LogP contribution in [0.5, 0.6) is 0 Å². The number of nitrogens with one attached hydrogen (secondary N) is 1. The van der Waals surface area contributed by atoms with Gasteiger partial charge in [0.25, 0.3) is 0 Å². The van der Waals surface area contributed by atoms with Crippen LogP contribution >= 0.6 is 0 Å². The maximum atomic E-state index is 11.6. The molecule has 0 aliphatic carbocycles. The van der Waals surface area contributed by atoms with E-state index in [4.69, 9.17) is 4.74 Å². The predicted octanol–water partition coefficient (Wildman–Crippen LogP) is 1.63. The summed E-state index contributed by atoms with van der Waals surface area (Å²) in [6.07, 6.45) is 6.78. The Balaban J connectivity index is 1.94. The first-order chi connectivity index (χ1) is 9.15. The second kappa shape index (κ2) is 6.10. The molecule has 0 radical (unpaired) electrons. The summed E-state index contributed by atoms with van der Waals surface area (Å²) in [5.41, 5.74) is 0.640. The molecule has 19 heavy (non-hydrogen) atoms. The van der Waals surface area contributed by atoms with Crippen LogP contribution in [0.2, 0.25) is 0 Å². The zero-order valence-corrected chi connectivity index (χ0v) is 10.9. The van der Waals surface area contributed by atoms with Crippen molar-refractivity contribution >= 4 is 11.6 Å². The van der Waals surface area contributed by atoms with Crippen molar-refractivity contribution in [2.24, 2.45) is 0 Å². The molecular weight excluding hydrogens is 244 g/mol. The Morgan fingerprint density at radius 1 is 1.47 bits per heavy atom. The fraction of sp³-hybridized carbons (Fsp3) is 0.308. The summed E-state index contributed by atoms with van der Waals surface area (Å²) >= 11 is 0. The number of aromatic nitrogens is 3. The SMILES string of the molecule is CC(C)OCC(=O)Nc1ccc(-n2ccnc2)nc1. The molecule has 2 rings (SSSR count). The highest BCUT2D eigenvalue weighted by molar-refractivity contribution is 5.91. The lowest BCUT2D eigenvalue weighted by Crippen LogP contribution is -2.20. The lowest BCUT2D eigenvalue weighted by Gasteiger charge is -2.08. The molecule has 0 unspecified atom stereocenters. The number of anilines is 1. The van der Waals surface area contributed by atoms with Gasteiger partial charge in [0, 0.05) is 12.4 Å². The lowest BCUT2D eigenvalue weighted by molar-refractivity contribution is -0.121. The number of amides is 1. The van der Waals surface area contributed by atoms with E-state index >= 15 is 0 Å². The molecule has 6 heteroatoms. The zero-order chi connectivity index (χ0) is 13.7. The number of hydrogen-bond acceptors (Lipinski definition) is 4. The first-order valence-corrected chi connectivity index (χ1v) is 6.01. The van der Waals surface area contributed by atoms with Gasteiger partial charge in [0.05, 0.1) is 18.0 Å². The van der Waals surface area contributed by atoms with E-state index in [1.807, 2.05) is 13.8 Å². The van der Waals surface area contributed by atoms with Crippen molar-refractivity contribution in [2.75, 3.05) is 11.9 Å². The standard InChI is InChI=1S/C13H16N4O2/c1-10(2)19-8-13(18)16-11-3-4-12(15-7-11)17-6-5-14-9-17/h3-7,9-10H,8H2,1-2H3,(H,16,18).